The summed E-state index contributed by atoms with van der Waals surface area (Å²) in [6.07, 6.45) is 1.67. The topological polar surface area (TPSA) is 58.6 Å². The SMILES string of the molecule is Cc1sc2ccc(OCc3ccccc3)cc2c1C(=O)NC1(CO)CC1. The van der Waals surface area contributed by atoms with Gasteiger partial charge in [-0.3, -0.25) is 4.79 Å². The third-order valence-corrected chi connectivity index (χ3v) is 5.93. The van der Waals surface area contributed by atoms with E-state index >= 15 is 0 Å². The monoisotopic (exact) mass is 367 g/mol. The number of aliphatic hydroxyl groups excluding tert-OH is 1. The van der Waals surface area contributed by atoms with Crippen LogP contribution in [0.3, 0.4) is 0 Å². The number of aryl methyl sites for hydroxylation is 1. The van der Waals surface area contributed by atoms with Crippen molar-refractivity contribution in [3.63, 3.8) is 0 Å². The number of hydrogen-bond donors (Lipinski definition) is 2. The molecule has 1 saturated carbocycles. The van der Waals surface area contributed by atoms with Crippen molar-refractivity contribution in [3.05, 3.63) is 64.5 Å². The number of carbonyl (C=O) groups excluding carboxylic acids is 1. The molecule has 1 amide bonds. The van der Waals surface area contributed by atoms with E-state index in [0.717, 1.165) is 39.1 Å². The molecule has 0 radical (unpaired) electrons. The third-order valence-electron chi connectivity index (χ3n) is 4.85. The average molecular weight is 367 g/mol. The van der Waals surface area contributed by atoms with Crippen molar-refractivity contribution in [1.82, 2.24) is 5.32 Å². The molecule has 1 aromatic heterocycles. The van der Waals surface area contributed by atoms with Gasteiger partial charge >= 0.3 is 0 Å². The third kappa shape index (κ3) is 3.32. The van der Waals surface area contributed by atoms with Crippen LogP contribution in [0, 0.1) is 6.92 Å². The Labute approximate surface area is 156 Å². The highest BCUT2D eigenvalue weighted by molar-refractivity contribution is 7.19. The highest BCUT2D eigenvalue weighted by Crippen LogP contribution is 2.37. The molecule has 1 fully saturated rings. The van der Waals surface area contributed by atoms with Gasteiger partial charge in [-0.15, -0.1) is 11.3 Å². The summed E-state index contributed by atoms with van der Waals surface area (Å²) >= 11 is 1.61. The van der Waals surface area contributed by atoms with E-state index in [0.29, 0.717) is 12.2 Å². The van der Waals surface area contributed by atoms with Gasteiger partial charge in [0, 0.05) is 15.0 Å². The van der Waals surface area contributed by atoms with Crippen molar-refractivity contribution < 1.29 is 14.6 Å². The summed E-state index contributed by atoms with van der Waals surface area (Å²) in [6, 6.07) is 15.9. The van der Waals surface area contributed by atoms with E-state index in [1.807, 2.05) is 55.5 Å². The quantitative estimate of drug-likeness (QED) is 0.691. The van der Waals surface area contributed by atoms with Crippen LogP contribution < -0.4 is 10.1 Å². The van der Waals surface area contributed by atoms with E-state index in [4.69, 9.17) is 4.74 Å². The molecule has 1 aliphatic carbocycles. The molecule has 1 heterocycles. The molecule has 0 bridgehead atoms. The van der Waals surface area contributed by atoms with Crippen molar-refractivity contribution >= 4 is 27.3 Å². The van der Waals surface area contributed by atoms with Crippen molar-refractivity contribution in [3.8, 4) is 5.75 Å². The summed E-state index contributed by atoms with van der Waals surface area (Å²) in [4.78, 5) is 13.8. The summed E-state index contributed by atoms with van der Waals surface area (Å²) in [5, 5.41) is 13.4. The Kier molecular flexibility index (Phi) is 4.42. The first kappa shape index (κ1) is 17.1. The molecule has 0 atom stereocenters. The van der Waals surface area contributed by atoms with Crippen LogP contribution >= 0.6 is 11.3 Å². The predicted octanol–water partition coefficient (Wildman–Crippen LogP) is 4.04. The number of nitrogens with one attached hydrogen (secondary N) is 1. The fraction of sp³-hybridized carbons (Fsp3) is 0.286. The van der Waals surface area contributed by atoms with E-state index in [-0.39, 0.29) is 12.5 Å². The van der Waals surface area contributed by atoms with E-state index in [9.17, 15) is 9.90 Å². The minimum Gasteiger partial charge on any atom is -0.489 e. The molecule has 5 heteroatoms. The maximum Gasteiger partial charge on any atom is 0.253 e. The second kappa shape index (κ2) is 6.74. The molecular formula is C21H21NO3S. The maximum absolute atomic E-state index is 12.8. The van der Waals surface area contributed by atoms with Gasteiger partial charge in [0.05, 0.1) is 17.7 Å². The lowest BCUT2D eigenvalue weighted by molar-refractivity contribution is 0.0908. The van der Waals surface area contributed by atoms with E-state index in [1.54, 1.807) is 11.3 Å². The molecule has 134 valence electrons. The number of hydrogen-bond acceptors (Lipinski definition) is 4. The molecule has 4 nitrogen and oxygen atoms in total. The Hall–Kier alpha value is -2.37. The maximum atomic E-state index is 12.8. The van der Waals surface area contributed by atoms with Crippen LogP contribution in [0.4, 0.5) is 0 Å². The zero-order chi connectivity index (χ0) is 18.1. The molecule has 1 aliphatic rings. The van der Waals surface area contributed by atoms with Gasteiger partial charge in [0.25, 0.3) is 5.91 Å². The smallest absolute Gasteiger partial charge is 0.253 e. The molecule has 0 unspecified atom stereocenters. The molecule has 0 saturated heterocycles. The zero-order valence-corrected chi connectivity index (χ0v) is 15.4. The van der Waals surface area contributed by atoms with Crippen molar-refractivity contribution in [2.24, 2.45) is 0 Å². The fourth-order valence-electron chi connectivity index (χ4n) is 3.09. The van der Waals surface area contributed by atoms with Gasteiger partial charge in [-0.05, 0) is 43.5 Å². The van der Waals surface area contributed by atoms with E-state index in [2.05, 4.69) is 5.32 Å². The molecule has 0 aliphatic heterocycles. The summed E-state index contributed by atoms with van der Waals surface area (Å²) < 4.78 is 6.97. The largest absolute Gasteiger partial charge is 0.489 e. The lowest BCUT2D eigenvalue weighted by Gasteiger charge is -2.14. The lowest BCUT2D eigenvalue weighted by Crippen LogP contribution is -2.39. The van der Waals surface area contributed by atoms with E-state index in [1.165, 1.54) is 0 Å². The van der Waals surface area contributed by atoms with Gasteiger partial charge in [-0.2, -0.15) is 0 Å². The molecule has 0 spiro atoms. The van der Waals surface area contributed by atoms with E-state index < -0.39 is 5.54 Å². The lowest BCUT2D eigenvalue weighted by atomic mass is 10.1. The second-order valence-electron chi connectivity index (χ2n) is 6.86. The standard InChI is InChI=1S/C21H21NO3S/c1-14-19(20(24)22-21(13-23)9-10-21)17-11-16(7-8-18(17)26-14)25-12-15-5-3-2-4-6-15/h2-8,11,23H,9-10,12-13H2,1H3,(H,22,24). The summed E-state index contributed by atoms with van der Waals surface area (Å²) in [5.74, 6) is 0.636. The van der Waals surface area contributed by atoms with Gasteiger partial charge in [-0.25, -0.2) is 0 Å². The van der Waals surface area contributed by atoms with Crippen LogP contribution in [-0.2, 0) is 6.61 Å². The Morgan fingerprint density at radius 2 is 2.00 bits per heavy atom. The Bertz CT molecular complexity index is 945. The van der Waals surface area contributed by atoms with Gasteiger partial charge in [0.2, 0.25) is 0 Å². The van der Waals surface area contributed by atoms with Crippen molar-refractivity contribution in [2.75, 3.05) is 6.61 Å². The molecule has 3 aromatic rings. The predicted molar refractivity (Wildman–Crippen MR) is 104 cm³/mol. The molecule has 2 aromatic carbocycles. The molecular weight excluding hydrogens is 346 g/mol. The first-order valence-corrected chi connectivity index (χ1v) is 9.55. The zero-order valence-electron chi connectivity index (χ0n) is 14.6. The highest BCUT2D eigenvalue weighted by Gasteiger charge is 2.44. The summed E-state index contributed by atoms with van der Waals surface area (Å²) in [6.45, 7) is 2.44. The number of thiophene rings is 1. The average Bonchev–Trinajstić information content (AvgIpc) is 3.34. The minimum atomic E-state index is -0.417. The van der Waals surface area contributed by atoms with Crippen molar-refractivity contribution in [1.29, 1.82) is 0 Å². The number of fused-ring (bicyclic) bond motifs is 1. The van der Waals surface area contributed by atoms with Gasteiger partial charge in [-0.1, -0.05) is 30.3 Å². The number of ether oxygens (including phenoxy) is 1. The van der Waals surface area contributed by atoms with Crippen LogP contribution in [0.15, 0.2) is 48.5 Å². The van der Waals surface area contributed by atoms with Crippen LogP contribution in [0.25, 0.3) is 10.1 Å². The number of amides is 1. The summed E-state index contributed by atoms with van der Waals surface area (Å²) in [5.41, 5.74) is 1.37. The van der Waals surface area contributed by atoms with Crippen LogP contribution in [0.2, 0.25) is 0 Å². The van der Waals surface area contributed by atoms with Gasteiger partial charge < -0.3 is 15.2 Å². The fourth-order valence-corrected chi connectivity index (χ4v) is 4.13. The first-order chi connectivity index (χ1) is 12.6. The molecule has 2 N–H and O–H groups in total. The van der Waals surface area contributed by atoms with Crippen molar-refractivity contribution in [2.45, 2.75) is 31.9 Å². The number of aliphatic hydroxyl groups is 1. The Morgan fingerprint density at radius 1 is 1.23 bits per heavy atom. The number of carbonyl (C=O) groups is 1. The van der Waals surface area contributed by atoms with Gasteiger partial charge in [0.1, 0.15) is 12.4 Å². The second-order valence-corrected chi connectivity index (χ2v) is 8.11. The van der Waals surface area contributed by atoms with Crippen LogP contribution in [0.1, 0.15) is 33.6 Å². The normalized spacial score (nSPS) is 15.0. The van der Waals surface area contributed by atoms with Crippen LogP contribution in [-0.4, -0.2) is 23.2 Å². The van der Waals surface area contributed by atoms with Crippen LogP contribution in [0.5, 0.6) is 5.75 Å². The Balaban J connectivity index is 1.59. The first-order valence-electron chi connectivity index (χ1n) is 8.73. The number of benzene rings is 2. The Morgan fingerprint density at radius 3 is 2.69 bits per heavy atom. The molecule has 26 heavy (non-hydrogen) atoms. The number of rotatable bonds is 6. The highest BCUT2D eigenvalue weighted by atomic mass is 32.1. The van der Waals surface area contributed by atoms with Gasteiger partial charge in [0.15, 0.2) is 0 Å². The summed E-state index contributed by atoms with van der Waals surface area (Å²) in [7, 11) is 0. The minimum absolute atomic E-state index is 0.00864. The molecule has 4 rings (SSSR count).